The lowest BCUT2D eigenvalue weighted by Gasteiger charge is -2.31. The Morgan fingerprint density at radius 3 is 1.42 bits per heavy atom. The first-order valence-corrected chi connectivity index (χ1v) is 11.9. The van der Waals surface area contributed by atoms with Crippen LogP contribution in [0.3, 0.4) is 0 Å². The van der Waals surface area contributed by atoms with Crippen molar-refractivity contribution in [3.8, 4) is 11.1 Å². The standard InChI is InChI=1S/C13H20N2.C12H10.2C2H6/c1-14-13-7-9-15(10-8-13)11-12-5-3-2-4-6-12;1-3-7-11(8-4-1)12-9-5-2-6-10-12;2*1-2/h2-6,13-14H,7-11H2,1H3;1-10H;2*1-2H3. The molecule has 0 radical (unpaired) electrons. The van der Waals surface area contributed by atoms with Gasteiger partial charge in [0.15, 0.2) is 0 Å². The Morgan fingerprint density at radius 2 is 1.03 bits per heavy atom. The first-order chi connectivity index (χ1) is 15.3. The SMILES string of the molecule is CC.CC.CNC1CCN(Cc2ccccc2)CC1.c1ccc(-c2ccccc2)cc1. The van der Waals surface area contributed by atoms with Gasteiger partial charge in [0.25, 0.3) is 0 Å². The average Bonchev–Trinajstić information content (AvgIpc) is 2.89. The highest BCUT2D eigenvalue weighted by molar-refractivity contribution is 5.62. The fourth-order valence-corrected chi connectivity index (χ4v) is 3.48. The normalized spacial score (nSPS) is 13.5. The van der Waals surface area contributed by atoms with Gasteiger partial charge in [0.1, 0.15) is 0 Å². The van der Waals surface area contributed by atoms with Crippen LogP contribution in [0.2, 0.25) is 0 Å². The van der Waals surface area contributed by atoms with E-state index in [1.54, 1.807) is 0 Å². The molecule has 0 spiro atoms. The van der Waals surface area contributed by atoms with Gasteiger partial charge in [-0.05, 0) is 49.7 Å². The second-order valence-corrected chi connectivity index (χ2v) is 7.06. The quantitative estimate of drug-likeness (QED) is 0.479. The van der Waals surface area contributed by atoms with E-state index in [0.717, 1.165) is 12.6 Å². The molecule has 0 atom stereocenters. The van der Waals surface area contributed by atoms with Crippen LogP contribution in [-0.4, -0.2) is 31.1 Å². The molecular formula is C29H42N2. The molecule has 1 fully saturated rings. The number of nitrogens with zero attached hydrogens (tertiary/aromatic N) is 1. The number of nitrogens with one attached hydrogen (secondary N) is 1. The largest absolute Gasteiger partial charge is 0.317 e. The Morgan fingerprint density at radius 1 is 0.645 bits per heavy atom. The lowest BCUT2D eigenvalue weighted by Crippen LogP contribution is -2.40. The van der Waals surface area contributed by atoms with Gasteiger partial charge in [0, 0.05) is 12.6 Å². The summed E-state index contributed by atoms with van der Waals surface area (Å²) in [5.41, 5.74) is 3.98. The van der Waals surface area contributed by atoms with Gasteiger partial charge in [-0.25, -0.2) is 0 Å². The maximum atomic E-state index is 3.36. The zero-order valence-corrected chi connectivity index (χ0v) is 20.2. The summed E-state index contributed by atoms with van der Waals surface area (Å²) in [6, 6.07) is 32.3. The summed E-state index contributed by atoms with van der Waals surface area (Å²) in [4.78, 5) is 2.54. The Balaban J connectivity index is 0.000000272. The van der Waals surface area contributed by atoms with Gasteiger partial charge in [0.2, 0.25) is 0 Å². The van der Waals surface area contributed by atoms with Crippen molar-refractivity contribution in [2.45, 2.75) is 53.1 Å². The van der Waals surface area contributed by atoms with E-state index in [1.165, 1.54) is 42.6 Å². The second kappa shape index (κ2) is 17.3. The molecule has 2 nitrogen and oxygen atoms in total. The van der Waals surface area contributed by atoms with Crippen LogP contribution in [-0.2, 0) is 6.54 Å². The van der Waals surface area contributed by atoms with Crippen LogP contribution in [0, 0.1) is 0 Å². The molecule has 0 unspecified atom stereocenters. The van der Waals surface area contributed by atoms with Gasteiger partial charge in [-0.2, -0.15) is 0 Å². The molecule has 3 aromatic rings. The van der Waals surface area contributed by atoms with Gasteiger partial charge in [-0.3, -0.25) is 4.90 Å². The van der Waals surface area contributed by atoms with Crippen molar-refractivity contribution in [1.29, 1.82) is 0 Å². The van der Waals surface area contributed by atoms with E-state index < -0.39 is 0 Å². The minimum absolute atomic E-state index is 0.733. The highest BCUT2D eigenvalue weighted by Gasteiger charge is 2.17. The molecule has 0 saturated carbocycles. The van der Waals surface area contributed by atoms with Crippen LogP contribution in [0.25, 0.3) is 11.1 Å². The van der Waals surface area contributed by atoms with E-state index >= 15 is 0 Å². The number of hydrogen-bond acceptors (Lipinski definition) is 2. The van der Waals surface area contributed by atoms with Crippen LogP contribution in [0.4, 0.5) is 0 Å². The fourth-order valence-electron chi connectivity index (χ4n) is 3.48. The van der Waals surface area contributed by atoms with Gasteiger partial charge in [-0.1, -0.05) is 119 Å². The number of hydrogen-bond donors (Lipinski definition) is 1. The van der Waals surface area contributed by atoms with Crippen LogP contribution in [0.1, 0.15) is 46.1 Å². The summed E-state index contributed by atoms with van der Waals surface area (Å²) in [5.74, 6) is 0. The molecule has 1 saturated heterocycles. The van der Waals surface area contributed by atoms with Crippen molar-refractivity contribution in [3.05, 3.63) is 96.6 Å². The highest BCUT2D eigenvalue weighted by Crippen LogP contribution is 2.17. The van der Waals surface area contributed by atoms with Crippen molar-refractivity contribution in [2.75, 3.05) is 20.1 Å². The summed E-state index contributed by atoms with van der Waals surface area (Å²) in [5, 5.41) is 3.36. The maximum Gasteiger partial charge on any atom is 0.0233 e. The molecule has 168 valence electrons. The number of piperidine rings is 1. The summed E-state index contributed by atoms with van der Waals surface area (Å²) in [6.07, 6.45) is 2.56. The molecule has 1 N–H and O–H groups in total. The molecule has 1 heterocycles. The number of likely N-dealkylation sites (tertiary alicyclic amines) is 1. The van der Waals surface area contributed by atoms with E-state index in [9.17, 15) is 0 Å². The summed E-state index contributed by atoms with van der Waals surface area (Å²) < 4.78 is 0. The molecule has 0 aliphatic carbocycles. The van der Waals surface area contributed by atoms with E-state index in [0.29, 0.717) is 0 Å². The van der Waals surface area contributed by atoms with Gasteiger partial charge >= 0.3 is 0 Å². The molecule has 3 aromatic carbocycles. The highest BCUT2D eigenvalue weighted by atomic mass is 15.1. The summed E-state index contributed by atoms with van der Waals surface area (Å²) in [6.45, 7) is 11.6. The van der Waals surface area contributed by atoms with Crippen LogP contribution < -0.4 is 5.32 Å². The van der Waals surface area contributed by atoms with Crippen LogP contribution in [0.15, 0.2) is 91.0 Å². The Kier molecular flexibility index (Phi) is 14.8. The first kappa shape index (κ1) is 26.6. The van der Waals surface area contributed by atoms with Crippen molar-refractivity contribution < 1.29 is 0 Å². The third-order valence-electron chi connectivity index (χ3n) is 5.13. The minimum atomic E-state index is 0.733. The molecule has 0 bridgehead atoms. The topological polar surface area (TPSA) is 15.3 Å². The Labute approximate surface area is 191 Å². The lowest BCUT2D eigenvalue weighted by molar-refractivity contribution is 0.194. The molecule has 31 heavy (non-hydrogen) atoms. The molecule has 1 aliphatic heterocycles. The third-order valence-corrected chi connectivity index (χ3v) is 5.13. The Hall–Kier alpha value is -2.42. The number of benzene rings is 3. The van der Waals surface area contributed by atoms with Crippen molar-refractivity contribution in [3.63, 3.8) is 0 Å². The van der Waals surface area contributed by atoms with E-state index in [1.807, 2.05) is 39.8 Å². The zero-order chi connectivity index (χ0) is 22.7. The Bertz CT molecular complexity index is 711. The van der Waals surface area contributed by atoms with Gasteiger partial charge < -0.3 is 5.32 Å². The molecule has 0 aromatic heterocycles. The van der Waals surface area contributed by atoms with Crippen molar-refractivity contribution in [2.24, 2.45) is 0 Å². The predicted molar refractivity (Wildman–Crippen MR) is 138 cm³/mol. The van der Waals surface area contributed by atoms with Gasteiger partial charge in [0.05, 0.1) is 0 Å². The zero-order valence-electron chi connectivity index (χ0n) is 20.2. The van der Waals surface area contributed by atoms with E-state index in [-0.39, 0.29) is 0 Å². The first-order valence-electron chi connectivity index (χ1n) is 11.9. The summed E-state index contributed by atoms with van der Waals surface area (Å²) >= 11 is 0. The number of rotatable bonds is 4. The van der Waals surface area contributed by atoms with Crippen LogP contribution >= 0.6 is 0 Å². The van der Waals surface area contributed by atoms with E-state index in [2.05, 4.69) is 96.1 Å². The minimum Gasteiger partial charge on any atom is -0.317 e. The van der Waals surface area contributed by atoms with Crippen molar-refractivity contribution in [1.82, 2.24) is 10.2 Å². The maximum absolute atomic E-state index is 3.36. The van der Waals surface area contributed by atoms with E-state index in [4.69, 9.17) is 0 Å². The second-order valence-electron chi connectivity index (χ2n) is 7.06. The smallest absolute Gasteiger partial charge is 0.0233 e. The predicted octanol–water partition coefficient (Wildman–Crippen LogP) is 7.28. The molecule has 4 rings (SSSR count). The molecule has 0 amide bonds. The molecule has 1 aliphatic rings. The fraction of sp³-hybridized carbons (Fsp3) is 0.379. The van der Waals surface area contributed by atoms with Crippen molar-refractivity contribution >= 4 is 0 Å². The monoisotopic (exact) mass is 418 g/mol. The molecule has 2 heteroatoms. The molecular weight excluding hydrogens is 376 g/mol. The summed E-state index contributed by atoms with van der Waals surface area (Å²) in [7, 11) is 2.07. The van der Waals surface area contributed by atoms with Crippen LogP contribution in [0.5, 0.6) is 0 Å². The lowest BCUT2D eigenvalue weighted by atomic mass is 10.0. The average molecular weight is 419 g/mol. The third kappa shape index (κ3) is 10.4. The van der Waals surface area contributed by atoms with Gasteiger partial charge in [-0.15, -0.1) is 0 Å².